The lowest BCUT2D eigenvalue weighted by molar-refractivity contribution is -0.386. The van der Waals surface area contributed by atoms with Gasteiger partial charge in [-0.25, -0.2) is 0 Å². The van der Waals surface area contributed by atoms with Gasteiger partial charge in [-0.1, -0.05) is 23.2 Å². The van der Waals surface area contributed by atoms with Crippen LogP contribution in [0, 0.1) is 10.1 Å². The summed E-state index contributed by atoms with van der Waals surface area (Å²) in [6.45, 7) is 0. The van der Waals surface area contributed by atoms with Gasteiger partial charge in [-0.2, -0.15) is 0 Å². The number of hydrogen-bond donors (Lipinski definition) is 1. The molecule has 0 unspecified atom stereocenters. The Morgan fingerprint density at radius 1 is 1.17 bits per heavy atom. The molecule has 1 heterocycles. The fourth-order valence-corrected chi connectivity index (χ4v) is 1.90. The van der Waals surface area contributed by atoms with Gasteiger partial charge in [-0.3, -0.25) is 14.9 Å². The Morgan fingerprint density at radius 2 is 1.89 bits per heavy atom. The zero-order valence-corrected chi connectivity index (χ0v) is 10.3. The number of nitrogens with one attached hydrogen (secondary N) is 1. The van der Waals surface area contributed by atoms with Crippen LogP contribution in [-0.4, -0.2) is 9.91 Å². The average Bonchev–Trinajstić information content (AvgIpc) is 2.32. The summed E-state index contributed by atoms with van der Waals surface area (Å²) < 4.78 is 0. The molecule has 0 saturated heterocycles. The molecule has 1 aromatic heterocycles. The van der Waals surface area contributed by atoms with Crippen LogP contribution in [0.3, 0.4) is 0 Å². The second kappa shape index (κ2) is 4.80. The largest absolute Gasteiger partial charge is 0.361 e. The zero-order valence-electron chi connectivity index (χ0n) is 8.81. The van der Waals surface area contributed by atoms with Crippen molar-refractivity contribution in [3.8, 4) is 11.1 Å². The predicted molar refractivity (Wildman–Crippen MR) is 69.2 cm³/mol. The Hall–Kier alpha value is -1.85. The van der Waals surface area contributed by atoms with E-state index in [1.807, 2.05) is 0 Å². The minimum atomic E-state index is -0.749. The lowest BCUT2D eigenvalue weighted by Crippen LogP contribution is -2.11. The second-order valence-corrected chi connectivity index (χ2v) is 4.31. The third kappa shape index (κ3) is 2.23. The maximum atomic E-state index is 11.9. The molecule has 0 amide bonds. The molecule has 0 spiro atoms. The van der Waals surface area contributed by atoms with E-state index in [1.54, 1.807) is 6.07 Å². The molecule has 0 atom stereocenters. The highest BCUT2D eigenvalue weighted by atomic mass is 35.5. The highest BCUT2D eigenvalue weighted by molar-refractivity contribution is 6.35. The minimum Gasteiger partial charge on any atom is -0.361 e. The molecule has 0 aliphatic rings. The maximum absolute atomic E-state index is 11.9. The molecular weight excluding hydrogens is 279 g/mol. The number of benzene rings is 1. The second-order valence-electron chi connectivity index (χ2n) is 3.46. The Bertz CT molecular complexity index is 682. The number of H-pyrrole nitrogens is 1. The number of aromatic nitrogens is 1. The van der Waals surface area contributed by atoms with Crippen molar-refractivity contribution in [2.24, 2.45) is 0 Å². The van der Waals surface area contributed by atoms with E-state index in [4.69, 9.17) is 23.2 Å². The van der Waals surface area contributed by atoms with Gasteiger partial charge in [0.15, 0.2) is 0 Å². The number of halogens is 2. The normalized spacial score (nSPS) is 10.3. The van der Waals surface area contributed by atoms with Crippen molar-refractivity contribution in [3.05, 3.63) is 61.0 Å². The van der Waals surface area contributed by atoms with Gasteiger partial charge in [0, 0.05) is 21.8 Å². The lowest BCUT2D eigenvalue weighted by Gasteiger charge is -2.04. The van der Waals surface area contributed by atoms with Crippen LogP contribution in [0.5, 0.6) is 0 Å². The van der Waals surface area contributed by atoms with Crippen molar-refractivity contribution >= 4 is 28.9 Å². The van der Waals surface area contributed by atoms with Crippen LogP contribution in [0.1, 0.15) is 0 Å². The van der Waals surface area contributed by atoms with Gasteiger partial charge in [0.1, 0.15) is 0 Å². The molecule has 1 aromatic carbocycles. The number of nitro groups is 1. The van der Waals surface area contributed by atoms with E-state index in [9.17, 15) is 14.9 Å². The molecule has 0 radical (unpaired) electrons. The zero-order chi connectivity index (χ0) is 13.3. The van der Waals surface area contributed by atoms with E-state index >= 15 is 0 Å². The fraction of sp³-hybridized carbons (Fsp3) is 0. The molecule has 0 bridgehead atoms. The Labute approximate surface area is 111 Å². The number of nitrogens with zero attached hydrogens (tertiary/aromatic N) is 1. The van der Waals surface area contributed by atoms with Crippen molar-refractivity contribution < 1.29 is 4.92 Å². The Balaban J connectivity index is 2.72. The lowest BCUT2D eigenvalue weighted by atomic mass is 10.1. The van der Waals surface area contributed by atoms with E-state index in [1.165, 1.54) is 18.3 Å². The van der Waals surface area contributed by atoms with Gasteiger partial charge in [-0.05, 0) is 18.2 Å². The first-order valence-electron chi connectivity index (χ1n) is 4.81. The van der Waals surface area contributed by atoms with Gasteiger partial charge >= 0.3 is 5.69 Å². The van der Waals surface area contributed by atoms with Crippen molar-refractivity contribution in [2.75, 3.05) is 0 Å². The number of rotatable bonds is 2. The van der Waals surface area contributed by atoms with Crippen molar-refractivity contribution in [3.63, 3.8) is 0 Å². The predicted octanol–water partition coefficient (Wildman–Crippen LogP) is 3.26. The molecule has 0 aliphatic carbocycles. The summed E-state index contributed by atoms with van der Waals surface area (Å²) in [5.41, 5.74) is -0.780. The third-order valence-electron chi connectivity index (χ3n) is 2.34. The average molecular weight is 285 g/mol. The van der Waals surface area contributed by atoms with Crippen molar-refractivity contribution in [1.82, 2.24) is 4.98 Å². The molecule has 7 heteroatoms. The topological polar surface area (TPSA) is 76.0 Å². The smallest absolute Gasteiger partial charge is 0.332 e. The fourth-order valence-electron chi connectivity index (χ4n) is 1.51. The Kier molecular flexibility index (Phi) is 3.36. The summed E-state index contributed by atoms with van der Waals surface area (Å²) in [6.07, 6.45) is 2.39. The standard InChI is InChI=1S/C11H6Cl2N2O3/c12-6-1-2-9(13)7(3-6)8-4-14-5-10(11(8)16)15(17)18/h1-5H,(H,14,16). The molecule has 18 heavy (non-hydrogen) atoms. The molecule has 2 aromatic rings. The van der Waals surface area contributed by atoms with Crippen LogP contribution >= 0.6 is 23.2 Å². The summed E-state index contributed by atoms with van der Waals surface area (Å²) in [6, 6.07) is 4.58. The molecular formula is C11H6Cl2N2O3. The van der Waals surface area contributed by atoms with E-state index in [0.717, 1.165) is 6.20 Å². The molecule has 0 aliphatic heterocycles. The monoisotopic (exact) mass is 284 g/mol. The summed E-state index contributed by atoms with van der Waals surface area (Å²) in [5.74, 6) is 0. The quantitative estimate of drug-likeness (QED) is 0.679. The molecule has 5 nitrogen and oxygen atoms in total. The van der Waals surface area contributed by atoms with Crippen LogP contribution in [0.4, 0.5) is 5.69 Å². The SMILES string of the molecule is O=c1c(-c2cc(Cl)ccc2Cl)c[nH]cc1[N+](=O)[O-]. The first-order valence-corrected chi connectivity index (χ1v) is 5.57. The molecule has 0 saturated carbocycles. The van der Waals surface area contributed by atoms with E-state index in [0.29, 0.717) is 15.6 Å². The van der Waals surface area contributed by atoms with Gasteiger partial charge in [0.25, 0.3) is 5.43 Å². The number of aromatic amines is 1. The van der Waals surface area contributed by atoms with Gasteiger partial charge in [0.2, 0.25) is 0 Å². The number of pyridine rings is 1. The highest BCUT2D eigenvalue weighted by Crippen LogP contribution is 2.28. The summed E-state index contributed by atoms with van der Waals surface area (Å²) >= 11 is 11.8. The van der Waals surface area contributed by atoms with E-state index in [-0.39, 0.29) is 5.56 Å². The summed E-state index contributed by atoms with van der Waals surface area (Å²) in [4.78, 5) is 24.4. The first-order chi connectivity index (χ1) is 8.50. The van der Waals surface area contributed by atoms with Crippen LogP contribution in [0.2, 0.25) is 10.0 Å². The van der Waals surface area contributed by atoms with Crippen LogP contribution in [0.15, 0.2) is 35.4 Å². The van der Waals surface area contributed by atoms with Gasteiger partial charge in [0.05, 0.1) is 16.7 Å². The van der Waals surface area contributed by atoms with E-state index in [2.05, 4.69) is 4.98 Å². The van der Waals surface area contributed by atoms with E-state index < -0.39 is 16.0 Å². The molecule has 1 N–H and O–H groups in total. The van der Waals surface area contributed by atoms with Crippen molar-refractivity contribution in [2.45, 2.75) is 0 Å². The van der Waals surface area contributed by atoms with Gasteiger partial charge in [-0.15, -0.1) is 0 Å². The first kappa shape index (κ1) is 12.6. The highest BCUT2D eigenvalue weighted by Gasteiger charge is 2.17. The van der Waals surface area contributed by atoms with Crippen LogP contribution in [0.25, 0.3) is 11.1 Å². The maximum Gasteiger partial charge on any atom is 0.332 e. The van der Waals surface area contributed by atoms with Crippen molar-refractivity contribution in [1.29, 1.82) is 0 Å². The molecule has 92 valence electrons. The minimum absolute atomic E-state index is 0.108. The van der Waals surface area contributed by atoms with Crippen LogP contribution in [-0.2, 0) is 0 Å². The van der Waals surface area contributed by atoms with Gasteiger partial charge < -0.3 is 4.98 Å². The third-order valence-corrected chi connectivity index (χ3v) is 2.90. The summed E-state index contributed by atoms with van der Waals surface area (Å²) in [7, 11) is 0. The van der Waals surface area contributed by atoms with Crippen LogP contribution < -0.4 is 5.43 Å². The number of hydrogen-bond acceptors (Lipinski definition) is 3. The Morgan fingerprint density at radius 3 is 2.56 bits per heavy atom. The summed E-state index contributed by atoms with van der Waals surface area (Å²) in [5, 5.41) is 11.4. The molecule has 2 rings (SSSR count). The molecule has 0 fully saturated rings.